The second kappa shape index (κ2) is 8.35. The van der Waals surface area contributed by atoms with Crippen molar-refractivity contribution >= 4 is 37.7 Å². The van der Waals surface area contributed by atoms with Crippen LogP contribution in [0.15, 0.2) is 29.9 Å². The molecule has 2 heterocycles. The van der Waals surface area contributed by atoms with E-state index in [0.29, 0.717) is 12.8 Å². The lowest BCUT2D eigenvalue weighted by atomic mass is 9.98. The number of rotatable bonds is 6. The molecule has 0 spiro atoms. The molecular formula is C22H26N4O4S2. The molecule has 10 heteroatoms. The first kappa shape index (κ1) is 21.7. The van der Waals surface area contributed by atoms with Crippen LogP contribution < -0.4 is 10.5 Å². The molecule has 8 nitrogen and oxygen atoms in total. The summed E-state index contributed by atoms with van der Waals surface area (Å²) in [5.41, 5.74) is 6.05. The molecule has 0 aliphatic heterocycles. The molecule has 0 radical (unpaired) electrons. The van der Waals surface area contributed by atoms with E-state index in [1.807, 2.05) is 0 Å². The van der Waals surface area contributed by atoms with Gasteiger partial charge in [0.1, 0.15) is 12.1 Å². The number of benzene rings is 1. The SMILES string of the molecule is Cc1cccc2c1CCC2Nc1ncnc2c([C@@H]3C[C@@H](COS(N)(=O)=O)[C@@H](O)C3)csc12. The standard InChI is InChI=1S/C22H26N4O4S2/c1-12-3-2-4-16-15(12)5-6-18(16)26-22-21-20(24-11-25-22)17(10-31-21)13-7-14(19(27)8-13)9-30-32(23,28)29/h2-4,10-11,13-14,18-19,27H,5-9H2,1H3,(H2,23,28,29)(H,24,25,26)/t13-,14+,18?,19+/m1/s1. The van der Waals surface area contributed by atoms with Gasteiger partial charge in [0.15, 0.2) is 0 Å². The van der Waals surface area contributed by atoms with E-state index in [1.54, 1.807) is 17.7 Å². The van der Waals surface area contributed by atoms with Gasteiger partial charge in [-0.25, -0.2) is 15.1 Å². The fourth-order valence-electron chi connectivity index (χ4n) is 5.13. The summed E-state index contributed by atoms with van der Waals surface area (Å²) in [6, 6.07) is 6.68. The summed E-state index contributed by atoms with van der Waals surface area (Å²) in [6.07, 6.45) is 4.18. The normalized spacial score (nSPS) is 25.3. The summed E-state index contributed by atoms with van der Waals surface area (Å²) in [5, 5.41) is 21.1. The number of fused-ring (bicyclic) bond motifs is 2. The Morgan fingerprint density at radius 1 is 1.28 bits per heavy atom. The average Bonchev–Trinajstić information content (AvgIpc) is 3.44. The first-order chi connectivity index (χ1) is 15.3. The highest BCUT2D eigenvalue weighted by Gasteiger charge is 2.36. The monoisotopic (exact) mass is 474 g/mol. The van der Waals surface area contributed by atoms with Crippen molar-refractivity contribution in [2.75, 3.05) is 11.9 Å². The van der Waals surface area contributed by atoms with Crippen LogP contribution in [0.2, 0.25) is 0 Å². The summed E-state index contributed by atoms with van der Waals surface area (Å²) < 4.78 is 27.9. The predicted octanol–water partition coefficient (Wildman–Crippen LogP) is 3.17. The van der Waals surface area contributed by atoms with Crippen LogP contribution in [0.5, 0.6) is 0 Å². The maximum atomic E-state index is 11.1. The molecule has 1 unspecified atom stereocenters. The Balaban J connectivity index is 1.37. The molecule has 2 aliphatic rings. The van der Waals surface area contributed by atoms with Crippen LogP contribution in [0, 0.1) is 12.8 Å². The molecule has 1 fully saturated rings. The van der Waals surface area contributed by atoms with Gasteiger partial charge in [0, 0.05) is 5.92 Å². The van der Waals surface area contributed by atoms with Gasteiger partial charge in [-0.2, -0.15) is 8.42 Å². The zero-order chi connectivity index (χ0) is 22.5. The average molecular weight is 475 g/mol. The summed E-state index contributed by atoms with van der Waals surface area (Å²) in [7, 11) is -4.02. The number of nitrogens with one attached hydrogen (secondary N) is 1. The van der Waals surface area contributed by atoms with E-state index in [2.05, 4.69) is 45.8 Å². The van der Waals surface area contributed by atoms with E-state index in [0.717, 1.165) is 34.4 Å². The molecule has 170 valence electrons. The summed E-state index contributed by atoms with van der Waals surface area (Å²) in [4.78, 5) is 9.08. The van der Waals surface area contributed by atoms with Gasteiger partial charge in [-0.3, -0.25) is 4.18 Å². The van der Waals surface area contributed by atoms with Crippen molar-refractivity contribution in [2.24, 2.45) is 11.1 Å². The third-order valence-electron chi connectivity index (χ3n) is 6.74. The van der Waals surface area contributed by atoms with Gasteiger partial charge in [0.05, 0.1) is 29.0 Å². The van der Waals surface area contributed by atoms with Crippen molar-refractivity contribution in [1.29, 1.82) is 0 Å². The zero-order valence-electron chi connectivity index (χ0n) is 17.7. The number of aliphatic hydroxyl groups excluding tert-OH is 1. The highest BCUT2D eigenvalue weighted by Crippen LogP contribution is 2.44. The largest absolute Gasteiger partial charge is 0.393 e. The Labute approximate surface area is 191 Å². The molecular weight excluding hydrogens is 448 g/mol. The number of hydrogen-bond donors (Lipinski definition) is 3. The smallest absolute Gasteiger partial charge is 0.333 e. The number of hydrogen-bond acceptors (Lipinski definition) is 8. The Morgan fingerprint density at radius 3 is 2.94 bits per heavy atom. The summed E-state index contributed by atoms with van der Waals surface area (Å²) >= 11 is 1.60. The molecule has 2 aromatic heterocycles. The minimum atomic E-state index is -4.02. The Bertz CT molecular complexity index is 1260. The first-order valence-electron chi connectivity index (χ1n) is 10.7. The first-order valence-corrected chi connectivity index (χ1v) is 13.1. The van der Waals surface area contributed by atoms with Gasteiger partial charge < -0.3 is 10.4 Å². The number of anilines is 1. The van der Waals surface area contributed by atoms with E-state index in [1.165, 1.54) is 16.7 Å². The van der Waals surface area contributed by atoms with Gasteiger partial charge in [-0.05, 0) is 66.2 Å². The van der Waals surface area contributed by atoms with Gasteiger partial charge in [-0.15, -0.1) is 11.3 Å². The number of aromatic nitrogens is 2. The second-order valence-corrected chi connectivity index (χ2v) is 10.8. The lowest BCUT2D eigenvalue weighted by molar-refractivity contribution is 0.101. The van der Waals surface area contributed by atoms with Gasteiger partial charge in [0.25, 0.3) is 0 Å². The topological polar surface area (TPSA) is 127 Å². The highest BCUT2D eigenvalue weighted by atomic mass is 32.2. The van der Waals surface area contributed by atoms with E-state index < -0.39 is 16.4 Å². The molecule has 1 aromatic carbocycles. The lowest BCUT2D eigenvalue weighted by Gasteiger charge is -2.16. The highest BCUT2D eigenvalue weighted by molar-refractivity contribution is 7.84. The molecule has 5 rings (SSSR count). The van der Waals surface area contributed by atoms with Crippen molar-refractivity contribution in [3.63, 3.8) is 0 Å². The number of thiophene rings is 1. The summed E-state index contributed by atoms with van der Waals surface area (Å²) in [5.74, 6) is 0.620. The van der Waals surface area contributed by atoms with Gasteiger partial charge in [0.2, 0.25) is 0 Å². The van der Waals surface area contributed by atoms with E-state index >= 15 is 0 Å². The number of aliphatic hydroxyl groups is 1. The van der Waals surface area contributed by atoms with Crippen LogP contribution in [0.3, 0.4) is 0 Å². The molecule has 0 saturated heterocycles. The molecule has 1 saturated carbocycles. The minimum Gasteiger partial charge on any atom is -0.393 e. The fourth-order valence-corrected chi connectivity index (χ4v) is 6.55. The summed E-state index contributed by atoms with van der Waals surface area (Å²) in [6.45, 7) is 2.05. The Morgan fingerprint density at radius 2 is 2.12 bits per heavy atom. The minimum absolute atomic E-state index is 0.0745. The van der Waals surface area contributed by atoms with E-state index in [9.17, 15) is 13.5 Å². The van der Waals surface area contributed by atoms with Crippen LogP contribution in [0.1, 0.15) is 53.5 Å². The molecule has 0 amide bonds. The Kier molecular flexibility index (Phi) is 5.67. The van der Waals surface area contributed by atoms with Crippen LogP contribution in [0.25, 0.3) is 10.2 Å². The lowest BCUT2D eigenvalue weighted by Crippen LogP contribution is -2.24. The second-order valence-electron chi connectivity index (χ2n) is 8.74. The number of nitrogens with zero attached hydrogens (tertiary/aromatic N) is 2. The third kappa shape index (κ3) is 4.13. The van der Waals surface area contributed by atoms with Crippen LogP contribution in [-0.4, -0.2) is 36.2 Å². The van der Waals surface area contributed by atoms with E-state index in [4.69, 9.17) is 9.32 Å². The van der Waals surface area contributed by atoms with Gasteiger partial charge in [-0.1, -0.05) is 18.2 Å². The number of aryl methyl sites for hydroxylation is 1. The predicted molar refractivity (Wildman–Crippen MR) is 124 cm³/mol. The maximum Gasteiger partial charge on any atom is 0.333 e. The van der Waals surface area contributed by atoms with Crippen LogP contribution in [-0.2, 0) is 20.9 Å². The van der Waals surface area contributed by atoms with Crippen molar-refractivity contribution < 1.29 is 17.7 Å². The Hall–Kier alpha value is -2.11. The third-order valence-corrected chi connectivity index (χ3v) is 8.20. The molecule has 0 bridgehead atoms. The molecule has 3 aromatic rings. The molecule has 4 N–H and O–H groups in total. The molecule has 2 aliphatic carbocycles. The van der Waals surface area contributed by atoms with Crippen molar-refractivity contribution in [3.8, 4) is 0 Å². The number of nitrogens with two attached hydrogens (primary N) is 1. The maximum absolute atomic E-state index is 11.1. The van der Waals surface area contributed by atoms with Crippen molar-refractivity contribution in [3.05, 3.63) is 52.2 Å². The fraction of sp³-hybridized carbons (Fsp3) is 0.455. The van der Waals surface area contributed by atoms with Crippen LogP contribution in [0.4, 0.5) is 5.82 Å². The van der Waals surface area contributed by atoms with E-state index in [-0.39, 0.29) is 24.5 Å². The molecule has 32 heavy (non-hydrogen) atoms. The van der Waals surface area contributed by atoms with Crippen molar-refractivity contribution in [2.45, 2.75) is 50.7 Å². The quantitative estimate of drug-likeness (QED) is 0.501. The van der Waals surface area contributed by atoms with Gasteiger partial charge >= 0.3 is 10.3 Å². The van der Waals surface area contributed by atoms with Crippen molar-refractivity contribution in [1.82, 2.24) is 9.97 Å². The molecule has 4 atom stereocenters. The van der Waals surface area contributed by atoms with Crippen LogP contribution >= 0.6 is 11.3 Å². The zero-order valence-corrected chi connectivity index (χ0v) is 19.3.